The molecule has 3 saturated heterocycles. The van der Waals surface area contributed by atoms with Crippen LogP contribution in [0.2, 0.25) is 0 Å². The van der Waals surface area contributed by atoms with Crippen LogP contribution >= 0.6 is 0 Å². The molecule has 0 radical (unpaired) electrons. The third-order valence-electron chi connectivity index (χ3n) is 8.21. The van der Waals surface area contributed by atoms with Crippen LogP contribution in [-0.2, 0) is 33.2 Å². The third kappa shape index (κ3) is 7.85. The highest BCUT2D eigenvalue weighted by Crippen LogP contribution is 2.39. The molecule has 4 rings (SSSR count). The van der Waals surface area contributed by atoms with Crippen molar-refractivity contribution in [1.29, 1.82) is 0 Å². The van der Waals surface area contributed by atoms with Crippen molar-refractivity contribution in [2.45, 2.75) is 85.8 Å². The van der Waals surface area contributed by atoms with Crippen LogP contribution in [0.3, 0.4) is 0 Å². The molecule has 3 aliphatic heterocycles. The minimum atomic E-state index is -2.36. The summed E-state index contributed by atoms with van der Waals surface area (Å²) >= 11 is 0. The zero-order valence-electron chi connectivity index (χ0n) is 25.9. The van der Waals surface area contributed by atoms with Crippen molar-refractivity contribution < 1.29 is 93.8 Å². The Balaban J connectivity index is 1.49. The zero-order chi connectivity index (χ0) is 35.3. The zero-order valence-corrected chi connectivity index (χ0v) is 25.9. The fourth-order valence-electron chi connectivity index (χ4n) is 5.64. The first kappa shape index (κ1) is 38.1. The van der Waals surface area contributed by atoms with E-state index in [1.54, 1.807) is 0 Å². The average molecular weight is 695 g/mol. The van der Waals surface area contributed by atoms with Gasteiger partial charge >= 0.3 is 5.97 Å². The smallest absolute Gasteiger partial charge is 0.331 e. The topological polar surface area (TPSA) is 293 Å². The molecule has 48 heavy (non-hydrogen) atoms. The number of aliphatic hydroxyl groups is 9. The van der Waals surface area contributed by atoms with Gasteiger partial charge in [-0.2, -0.15) is 0 Å². The minimum Gasteiger partial charge on any atom is -0.504 e. The van der Waals surface area contributed by atoms with Crippen LogP contribution < -0.4 is 9.47 Å². The first-order chi connectivity index (χ1) is 22.9. The number of benzene rings is 1. The SMILES string of the molecule is COc1cc(/C=C/C(=O)O[C@H]2[C@H](O)[C@@H](CO)O[C@@]2(CO)O[C@H]2C[C@@H](O)[C@H](O[C@@H]3O[C@H](CO)[C@@H](O)[C@H](O)[C@H]3O)[C@@H](CO)O2)c(OC)cc1O. The highest BCUT2D eigenvalue weighted by atomic mass is 16.8. The molecule has 3 aliphatic rings. The average Bonchev–Trinajstić information content (AvgIpc) is 3.34. The Morgan fingerprint density at radius 3 is 2.15 bits per heavy atom. The lowest BCUT2D eigenvalue weighted by Crippen LogP contribution is -2.62. The molecular formula is C29H42O19. The maximum absolute atomic E-state index is 12.9. The number of hydrogen-bond acceptors (Lipinski definition) is 19. The van der Waals surface area contributed by atoms with Crippen LogP contribution in [0.25, 0.3) is 6.08 Å². The number of ether oxygens (including phenoxy) is 8. The predicted molar refractivity (Wildman–Crippen MR) is 154 cm³/mol. The maximum atomic E-state index is 12.9. The summed E-state index contributed by atoms with van der Waals surface area (Å²) in [5.41, 5.74) is 0.297. The quantitative estimate of drug-likeness (QED) is 0.0687. The monoisotopic (exact) mass is 694 g/mol. The second-order valence-corrected chi connectivity index (χ2v) is 11.3. The number of phenolic OH excluding ortho intramolecular Hbond substituents is 1. The van der Waals surface area contributed by atoms with Crippen molar-refractivity contribution in [2.24, 2.45) is 0 Å². The lowest BCUT2D eigenvalue weighted by molar-refractivity contribution is -0.379. The molecule has 19 nitrogen and oxygen atoms in total. The van der Waals surface area contributed by atoms with Crippen molar-refractivity contribution in [1.82, 2.24) is 0 Å². The summed E-state index contributed by atoms with van der Waals surface area (Å²) in [6, 6.07) is 2.64. The first-order valence-corrected chi connectivity index (χ1v) is 14.9. The van der Waals surface area contributed by atoms with Crippen molar-refractivity contribution in [3.05, 3.63) is 23.8 Å². The number of rotatable bonds is 13. The largest absolute Gasteiger partial charge is 0.504 e. The van der Waals surface area contributed by atoms with Gasteiger partial charge in [0, 0.05) is 24.1 Å². The molecule has 0 unspecified atom stereocenters. The number of aromatic hydroxyl groups is 1. The van der Waals surface area contributed by atoms with Crippen molar-refractivity contribution in [3.8, 4) is 17.2 Å². The molecule has 0 amide bonds. The first-order valence-electron chi connectivity index (χ1n) is 14.9. The molecule has 3 fully saturated rings. The standard InChI is InChI=1S/C29H42O19/c1-41-15-6-13(34)16(42-2)5-12(15)3-4-20(36)45-27-23(38)18(9-31)47-29(27,11-33)48-21-7-14(35)26(19(10-32)43-21)46-28-25(40)24(39)22(37)17(8-30)44-28/h3-6,14,17-19,21-28,30-35,37-40H,7-11H2,1-2H3/b4-3+/t14-,17-,18-,19-,21+,22-,23-,24+,25-,26+,27+,28+,29+/m1/s1. The summed E-state index contributed by atoms with van der Waals surface area (Å²) in [5.74, 6) is -3.38. The number of hydrogen-bond donors (Lipinski definition) is 10. The number of phenols is 1. The third-order valence-corrected chi connectivity index (χ3v) is 8.21. The predicted octanol–water partition coefficient (Wildman–Crippen LogP) is -4.56. The Labute approximate surface area is 273 Å². The van der Waals surface area contributed by atoms with E-state index in [1.807, 2.05) is 0 Å². The molecule has 1 aromatic carbocycles. The van der Waals surface area contributed by atoms with Crippen LogP contribution in [0.5, 0.6) is 17.2 Å². The van der Waals surface area contributed by atoms with E-state index in [2.05, 4.69) is 0 Å². The Morgan fingerprint density at radius 1 is 0.875 bits per heavy atom. The van der Waals surface area contributed by atoms with Crippen LogP contribution in [0, 0.1) is 0 Å². The summed E-state index contributed by atoms with van der Waals surface area (Å²) in [5, 5.41) is 102. The molecule has 13 atom stereocenters. The number of carbonyl (C=O) groups is 1. The van der Waals surface area contributed by atoms with Crippen LogP contribution in [-0.4, -0.2) is 177 Å². The Kier molecular flexibility index (Phi) is 12.9. The minimum absolute atomic E-state index is 0.0820. The van der Waals surface area contributed by atoms with Gasteiger partial charge in [0.1, 0.15) is 61.2 Å². The van der Waals surface area contributed by atoms with E-state index < -0.39 is 118 Å². The van der Waals surface area contributed by atoms with Crippen molar-refractivity contribution >= 4 is 12.0 Å². The number of methoxy groups -OCH3 is 2. The van der Waals surface area contributed by atoms with E-state index in [-0.39, 0.29) is 17.2 Å². The second-order valence-electron chi connectivity index (χ2n) is 11.3. The molecule has 1 aromatic rings. The number of aliphatic hydroxyl groups excluding tert-OH is 9. The van der Waals surface area contributed by atoms with E-state index in [0.717, 1.165) is 6.08 Å². The van der Waals surface area contributed by atoms with Crippen molar-refractivity contribution in [3.63, 3.8) is 0 Å². The van der Waals surface area contributed by atoms with E-state index in [4.69, 9.17) is 37.9 Å². The van der Waals surface area contributed by atoms with Gasteiger partial charge in [-0.1, -0.05) is 0 Å². The summed E-state index contributed by atoms with van der Waals surface area (Å²) in [7, 11) is 2.66. The molecular weight excluding hydrogens is 652 g/mol. The van der Waals surface area contributed by atoms with Gasteiger partial charge in [-0.05, 0) is 12.1 Å². The highest BCUT2D eigenvalue weighted by molar-refractivity contribution is 5.88. The van der Waals surface area contributed by atoms with E-state index in [1.165, 1.54) is 32.4 Å². The fraction of sp³-hybridized carbons (Fsp3) is 0.690. The van der Waals surface area contributed by atoms with E-state index >= 15 is 0 Å². The second kappa shape index (κ2) is 16.3. The Bertz CT molecular complexity index is 1250. The van der Waals surface area contributed by atoms with Gasteiger partial charge in [-0.15, -0.1) is 0 Å². The van der Waals surface area contributed by atoms with Gasteiger partial charge < -0.3 is 89.0 Å². The molecule has 19 heteroatoms. The normalized spacial score (nSPS) is 38.6. The van der Waals surface area contributed by atoms with Gasteiger partial charge in [-0.3, -0.25) is 0 Å². The van der Waals surface area contributed by atoms with Gasteiger partial charge in [0.05, 0.1) is 40.1 Å². The van der Waals surface area contributed by atoms with Crippen LogP contribution in [0.4, 0.5) is 0 Å². The molecule has 10 N–H and O–H groups in total. The number of carbonyl (C=O) groups excluding carboxylic acids is 1. The molecule has 0 aliphatic carbocycles. The molecule has 0 aromatic heterocycles. The number of esters is 1. The van der Waals surface area contributed by atoms with Gasteiger partial charge in [-0.25, -0.2) is 4.79 Å². The van der Waals surface area contributed by atoms with Gasteiger partial charge in [0.25, 0.3) is 0 Å². The van der Waals surface area contributed by atoms with Crippen LogP contribution in [0.1, 0.15) is 12.0 Å². The summed E-state index contributed by atoms with van der Waals surface area (Å²) < 4.78 is 43.8. The molecule has 0 saturated carbocycles. The molecule has 3 heterocycles. The van der Waals surface area contributed by atoms with Gasteiger partial charge in [0.2, 0.25) is 5.79 Å². The van der Waals surface area contributed by atoms with E-state index in [9.17, 15) is 55.9 Å². The van der Waals surface area contributed by atoms with Crippen molar-refractivity contribution in [2.75, 3.05) is 40.6 Å². The molecule has 0 bridgehead atoms. The van der Waals surface area contributed by atoms with E-state index in [0.29, 0.717) is 5.56 Å². The Morgan fingerprint density at radius 2 is 1.54 bits per heavy atom. The Hall–Kier alpha value is -2.73. The fourth-order valence-corrected chi connectivity index (χ4v) is 5.64. The summed E-state index contributed by atoms with van der Waals surface area (Å²) in [4.78, 5) is 12.9. The lowest BCUT2D eigenvalue weighted by atomic mass is 9.98. The van der Waals surface area contributed by atoms with Gasteiger partial charge in [0.15, 0.2) is 30.2 Å². The highest BCUT2D eigenvalue weighted by Gasteiger charge is 2.60. The molecule has 0 spiro atoms. The summed E-state index contributed by atoms with van der Waals surface area (Å²) in [6.45, 7) is -3.39. The summed E-state index contributed by atoms with van der Waals surface area (Å²) in [6.07, 6.45) is -17.3. The molecule has 272 valence electrons. The van der Waals surface area contributed by atoms with Crippen LogP contribution in [0.15, 0.2) is 18.2 Å². The lowest BCUT2D eigenvalue weighted by Gasteiger charge is -2.45. The maximum Gasteiger partial charge on any atom is 0.331 e.